The molecule has 5 heteroatoms. The molecule has 0 aromatic carbocycles. The number of oxime groups is 1. The zero-order chi connectivity index (χ0) is 13.2. The summed E-state index contributed by atoms with van der Waals surface area (Å²) >= 11 is 0. The van der Waals surface area contributed by atoms with Crippen LogP contribution < -0.4 is 0 Å². The van der Waals surface area contributed by atoms with Gasteiger partial charge in [0.2, 0.25) is 0 Å². The predicted octanol–water partition coefficient (Wildman–Crippen LogP) is 2.53. The molecular weight excluding hydrogens is 226 g/mol. The van der Waals surface area contributed by atoms with Gasteiger partial charge in [0, 0.05) is 19.3 Å². The lowest BCUT2D eigenvalue weighted by molar-refractivity contribution is 0.228. The van der Waals surface area contributed by atoms with Gasteiger partial charge in [-0.2, -0.15) is 0 Å². The van der Waals surface area contributed by atoms with Crippen molar-refractivity contribution in [2.75, 3.05) is 12.0 Å². The van der Waals surface area contributed by atoms with Crippen LogP contribution in [0.25, 0.3) is 0 Å². The summed E-state index contributed by atoms with van der Waals surface area (Å²) < 4.78 is 21.6. The van der Waals surface area contributed by atoms with Crippen LogP contribution in [0.15, 0.2) is 22.7 Å². The highest BCUT2D eigenvalue weighted by Gasteiger charge is 2.09. The molecule has 0 radical (unpaired) electrons. The number of rotatable bonds is 2. The van der Waals surface area contributed by atoms with E-state index in [2.05, 4.69) is 10.9 Å². The van der Waals surface area contributed by atoms with Gasteiger partial charge in [-0.25, -0.2) is 8.42 Å². The van der Waals surface area contributed by atoms with E-state index in [0.717, 1.165) is 6.26 Å². The zero-order valence-electron chi connectivity index (χ0n) is 10.9. The third-order valence-electron chi connectivity index (χ3n) is 1.15. The van der Waals surface area contributed by atoms with Gasteiger partial charge in [-0.1, -0.05) is 38.6 Å². The molecule has 1 aliphatic rings. The van der Waals surface area contributed by atoms with E-state index in [1.807, 2.05) is 27.7 Å². The second kappa shape index (κ2) is 9.19. The molecule has 0 aromatic rings. The van der Waals surface area contributed by atoms with Crippen LogP contribution in [0.5, 0.6) is 0 Å². The second-order valence-corrected chi connectivity index (χ2v) is 4.73. The highest BCUT2D eigenvalue weighted by atomic mass is 32.2. The van der Waals surface area contributed by atoms with E-state index < -0.39 is 9.84 Å². The van der Waals surface area contributed by atoms with Crippen molar-refractivity contribution in [2.24, 2.45) is 5.16 Å². The van der Waals surface area contributed by atoms with Crippen LogP contribution in [-0.2, 0) is 14.7 Å². The van der Waals surface area contributed by atoms with Crippen molar-refractivity contribution in [1.29, 1.82) is 0 Å². The highest BCUT2D eigenvalue weighted by Crippen LogP contribution is 2.01. The molecule has 0 spiro atoms. The summed E-state index contributed by atoms with van der Waals surface area (Å²) in [5.41, 5.74) is 3.11. The highest BCUT2D eigenvalue weighted by molar-refractivity contribution is 7.91. The van der Waals surface area contributed by atoms with Crippen LogP contribution in [0.2, 0.25) is 0 Å². The van der Waals surface area contributed by atoms with E-state index in [1.54, 1.807) is 6.92 Å². The summed E-state index contributed by atoms with van der Waals surface area (Å²) in [7, 11) is -3.03. The van der Waals surface area contributed by atoms with E-state index in [-0.39, 0.29) is 5.75 Å². The quantitative estimate of drug-likeness (QED) is 0.705. The fourth-order valence-electron chi connectivity index (χ4n) is 0.701. The minimum atomic E-state index is -3.03. The predicted molar refractivity (Wildman–Crippen MR) is 68.2 cm³/mol. The molecule has 0 saturated heterocycles. The van der Waals surface area contributed by atoms with Gasteiger partial charge >= 0.3 is 0 Å². The number of sulfone groups is 1. The standard InChI is InChI=1S/C7H9NO3S.2C2H6/c1-6-3-4-7(8-11-6)5-12(2,9)10;2*1-2/h4H,5H2,1-2H3;2*1-2H3. The Bertz CT molecular complexity index is 374. The third-order valence-corrected chi connectivity index (χ3v) is 1.97. The smallest absolute Gasteiger partial charge is 0.174 e. The van der Waals surface area contributed by atoms with E-state index in [4.69, 9.17) is 4.84 Å². The zero-order valence-corrected chi connectivity index (χ0v) is 11.7. The molecule has 0 atom stereocenters. The van der Waals surface area contributed by atoms with Crippen molar-refractivity contribution in [3.8, 4) is 0 Å². The maximum Gasteiger partial charge on any atom is 0.174 e. The van der Waals surface area contributed by atoms with Crippen LogP contribution in [0.3, 0.4) is 0 Å². The van der Waals surface area contributed by atoms with Crippen LogP contribution in [0.4, 0.5) is 0 Å². The molecule has 0 aromatic heterocycles. The Morgan fingerprint density at radius 3 is 2.12 bits per heavy atom. The Hall–Kier alpha value is -1.06. The summed E-state index contributed by atoms with van der Waals surface area (Å²) in [6.45, 7) is 9.69. The van der Waals surface area contributed by atoms with Crippen LogP contribution >= 0.6 is 0 Å². The Morgan fingerprint density at radius 1 is 1.31 bits per heavy atom. The maximum absolute atomic E-state index is 10.8. The van der Waals surface area contributed by atoms with Gasteiger partial charge in [0.25, 0.3) is 0 Å². The van der Waals surface area contributed by atoms with Crippen LogP contribution in [0, 0.1) is 0 Å². The molecule has 16 heavy (non-hydrogen) atoms. The Morgan fingerprint density at radius 2 is 1.81 bits per heavy atom. The number of hydrogen-bond acceptors (Lipinski definition) is 4. The van der Waals surface area contributed by atoms with Gasteiger partial charge in [0.05, 0.1) is 5.75 Å². The van der Waals surface area contributed by atoms with Crippen LogP contribution in [-0.4, -0.2) is 26.1 Å². The monoisotopic (exact) mass is 247 g/mol. The van der Waals surface area contributed by atoms with E-state index in [0.29, 0.717) is 11.5 Å². The van der Waals surface area contributed by atoms with Crippen molar-refractivity contribution >= 4 is 15.5 Å². The number of nitrogens with zero attached hydrogens (tertiary/aromatic N) is 1. The molecular formula is C11H21NO3S. The van der Waals surface area contributed by atoms with E-state index in [9.17, 15) is 8.42 Å². The average Bonchev–Trinajstić information content (AvgIpc) is 2.25. The van der Waals surface area contributed by atoms with E-state index >= 15 is 0 Å². The molecule has 1 aliphatic heterocycles. The summed E-state index contributed by atoms with van der Waals surface area (Å²) in [6.07, 6.45) is 2.66. The van der Waals surface area contributed by atoms with Crippen molar-refractivity contribution in [1.82, 2.24) is 0 Å². The molecule has 0 unspecified atom stereocenters. The molecule has 1 rings (SSSR count). The van der Waals surface area contributed by atoms with Gasteiger partial charge in [0.15, 0.2) is 15.6 Å². The Balaban J connectivity index is 0. The number of allylic oxidation sites excluding steroid dienone is 1. The fraction of sp³-hybridized carbons (Fsp3) is 0.636. The Labute approximate surface area is 98.6 Å². The van der Waals surface area contributed by atoms with Gasteiger partial charge < -0.3 is 4.84 Å². The molecule has 0 N–H and O–H groups in total. The van der Waals surface area contributed by atoms with Crippen molar-refractivity contribution in [3.05, 3.63) is 17.6 Å². The van der Waals surface area contributed by atoms with Crippen molar-refractivity contribution < 1.29 is 13.3 Å². The lowest BCUT2D eigenvalue weighted by Crippen LogP contribution is -2.13. The lowest BCUT2D eigenvalue weighted by atomic mass is 10.4. The maximum atomic E-state index is 10.8. The largest absolute Gasteiger partial charge is 0.353 e. The SMILES string of the molecule is CC.CC.CC1=C=CC(CS(C)(=O)=O)=NO1. The van der Waals surface area contributed by atoms with Crippen molar-refractivity contribution in [3.63, 3.8) is 0 Å². The fourth-order valence-corrected chi connectivity index (χ4v) is 1.37. The minimum absolute atomic E-state index is 0.104. The van der Waals surface area contributed by atoms with Gasteiger partial charge in [0.1, 0.15) is 5.71 Å². The average molecular weight is 247 g/mol. The first-order valence-electron chi connectivity index (χ1n) is 5.32. The Kier molecular flexibility index (Phi) is 9.96. The first kappa shape index (κ1) is 17.3. The molecule has 4 nitrogen and oxygen atoms in total. The van der Waals surface area contributed by atoms with E-state index in [1.165, 1.54) is 6.08 Å². The second-order valence-electron chi connectivity index (χ2n) is 2.59. The molecule has 0 saturated carbocycles. The topological polar surface area (TPSA) is 55.7 Å². The normalized spacial score (nSPS) is 13.1. The molecule has 0 amide bonds. The molecule has 94 valence electrons. The van der Waals surface area contributed by atoms with Crippen LogP contribution in [0.1, 0.15) is 34.6 Å². The van der Waals surface area contributed by atoms with Gasteiger partial charge in [-0.3, -0.25) is 0 Å². The summed E-state index contributed by atoms with van der Waals surface area (Å²) in [6, 6.07) is 0. The van der Waals surface area contributed by atoms with Gasteiger partial charge in [-0.15, -0.1) is 0 Å². The first-order chi connectivity index (χ1) is 7.47. The first-order valence-corrected chi connectivity index (χ1v) is 7.38. The molecule has 0 aliphatic carbocycles. The summed E-state index contributed by atoms with van der Waals surface area (Å²) in [4.78, 5) is 4.73. The van der Waals surface area contributed by atoms with Crippen molar-refractivity contribution in [2.45, 2.75) is 34.6 Å². The number of hydrogen-bond donors (Lipinski definition) is 0. The lowest BCUT2D eigenvalue weighted by Gasteiger charge is -2.02. The third kappa shape index (κ3) is 9.49. The molecule has 1 heterocycles. The summed E-state index contributed by atoms with van der Waals surface area (Å²) in [5, 5.41) is 3.58. The molecule has 0 fully saturated rings. The summed E-state index contributed by atoms with van der Waals surface area (Å²) in [5.74, 6) is 0.431. The molecule has 0 bridgehead atoms. The van der Waals surface area contributed by atoms with Gasteiger partial charge in [-0.05, 0) is 0 Å². The minimum Gasteiger partial charge on any atom is -0.353 e.